The van der Waals surface area contributed by atoms with Crippen molar-refractivity contribution >= 4 is 0 Å². The molecule has 0 amide bonds. The molecule has 1 heteroatoms. The molecule has 1 nitrogen and oxygen atoms in total. The molecule has 2 aliphatic carbocycles. The fraction of sp³-hybridized carbons (Fsp3) is 0.133. The minimum Gasteiger partial charge on any atom is -0.265 e. The van der Waals surface area contributed by atoms with Gasteiger partial charge in [0.2, 0.25) is 0 Å². The smallest absolute Gasteiger partial charge is 0.0267 e. The van der Waals surface area contributed by atoms with Crippen LogP contribution in [0.4, 0.5) is 0 Å². The average molecular weight is 209 g/mol. The van der Waals surface area contributed by atoms with E-state index in [1.165, 1.54) is 11.1 Å². The van der Waals surface area contributed by atoms with Gasteiger partial charge in [0.05, 0.1) is 0 Å². The topological polar surface area (TPSA) is 12.9 Å². The normalized spacial score (nSPS) is 16.5. The number of aromatic nitrogens is 1. The molecule has 0 saturated heterocycles. The molecule has 0 aliphatic heterocycles. The average Bonchev–Trinajstić information content (AvgIpc) is 3.05. The molecule has 2 aliphatic rings. The summed E-state index contributed by atoms with van der Waals surface area (Å²) in [5.74, 6) is 0. The van der Waals surface area contributed by atoms with E-state index in [0.717, 1.165) is 12.8 Å². The predicted molar refractivity (Wildman–Crippen MR) is 67.9 cm³/mol. The molecule has 0 aromatic carbocycles. The van der Waals surface area contributed by atoms with Gasteiger partial charge in [0.25, 0.3) is 0 Å². The summed E-state index contributed by atoms with van der Waals surface area (Å²) in [5.41, 5.74) is 2.98. The summed E-state index contributed by atoms with van der Waals surface area (Å²) < 4.78 is 0. The third-order valence-electron chi connectivity index (χ3n) is 2.52. The summed E-state index contributed by atoms with van der Waals surface area (Å²) in [6, 6.07) is 5.72. The summed E-state index contributed by atoms with van der Waals surface area (Å²) in [7, 11) is 0. The van der Waals surface area contributed by atoms with Gasteiger partial charge in [-0.15, -0.1) is 0 Å². The number of hydrogen-bond donors (Lipinski definition) is 0. The van der Waals surface area contributed by atoms with E-state index in [1.54, 1.807) is 12.4 Å². The Labute approximate surface area is 96.5 Å². The molecule has 0 bridgehead atoms. The quantitative estimate of drug-likeness (QED) is 0.684. The van der Waals surface area contributed by atoms with E-state index in [1.807, 2.05) is 18.2 Å². The van der Waals surface area contributed by atoms with Gasteiger partial charge in [-0.1, -0.05) is 42.5 Å². The lowest BCUT2D eigenvalue weighted by atomic mass is 10.1. The van der Waals surface area contributed by atoms with E-state index in [0.29, 0.717) is 0 Å². The molecule has 0 spiro atoms. The van der Waals surface area contributed by atoms with E-state index < -0.39 is 0 Å². The fourth-order valence-corrected chi connectivity index (χ4v) is 1.68. The van der Waals surface area contributed by atoms with Crippen LogP contribution in [0.5, 0.6) is 0 Å². The summed E-state index contributed by atoms with van der Waals surface area (Å²) in [6.07, 6.45) is 18.9. The minimum absolute atomic E-state index is 1.13. The molecule has 1 aromatic rings. The highest BCUT2D eigenvalue weighted by molar-refractivity contribution is 5.44. The van der Waals surface area contributed by atoms with Crippen molar-refractivity contribution in [1.29, 1.82) is 0 Å². The molecule has 0 atom stereocenters. The molecular formula is C15H15N. The molecule has 0 N–H and O–H groups in total. The third-order valence-corrected chi connectivity index (χ3v) is 2.52. The zero-order chi connectivity index (χ0) is 11.1. The molecule has 16 heavy (non-hydrogen) atoms. The van der Waals surface area contributed by atoms with Crippen LogP contribution in [0, 0.1) is 0 Å². The van der Waals surface area contributed by atoms with Crippen molar-refractivity contribution in [3.05, 3.63) is 78.2 Å². The lowest BCUT2D eigenvalue weighted by Gasteiger charge is -1.99. The summed E-state index contributed by atoms with van der Waals surface area (Å²) in [4.78, 5) is 3.78. The first-order valence-electron chi connectivity index (χ1n) is 5.53. The van der Waals surface area contributed by atoms with Gasteiger partial charge in [-0.2, -0.15) is 0 Å². The Balaban J connectivity index is 0.000000138. The lowest BCUT2D eigenvalue weighted by molar-refractivity contribution is 1.18. The summed E-state index contributed by atoms with van der Waals surface area (Å²) in [6.45, 7) is 0. The van der Waals surface area contributed by atoms with E-state index >= 15 is 0 Å². The lowest BCUT2D eigenvalue weighted by Crippen LogP contribution is -1.80. The second-order valence-corrected chi connectivity index (χ2v) is 3.67. The van der Waals surface area contributed by atoms with E-state index in [4.69, 9.17) is 0 Å². The Morgan fingerprint density at radius 3 is 1.56 bits per heavy atom. The highest BCUT2D eigenvalue weighted by Crippen LogP contribution is 2.25. The van der Waals surface area contributed by atoms with Crippen LogP contribution >= 0.6 is 0 Å². The van der Waals surface area contributed by atoms with Crippen molar-refractivity contribution in [2.45, 2.75) is 12.8 Å². The standard InChI is InChI=1S/C10H10.C5H5N/c1-2-6-9(5-1)10-7-3-4-8-10;1-2-4-6-5-3-1/h1-5,7H,6,8H2;1-5H. The van der Waals surface area contributed by atoms with Crippen molar-refractivity contribution in [3.63, 3.8) is 0 Å². The van der Waals surface area contributed by atoms with E-state index in [9.17, 15) is 0 Å². The Hall–Kier alpha value is -1.89. The number of nitrogens with zero attached hydrogens (tertiary/aromatic N) is 1. The van der Waals surface area contributed by atoms with Crippen molar-refractivity contribution in [2.75, 3.05) is 0 Å². The van der Waals surface area contributed by atoms with E-state index in [-0.39, 0.29) is 0 Å². The van der Waals surface area contributed by atoms with Crippen molar-refractivity contribution in [1.82, 2.24) is 4.98 Å². The maximum Gasteiger partial charge on any atom is 0.0267 e. The monoisotopic (exact) mass is 209 g/mol. The Kier molecular flexibility index (Phi) is 3.89. The van der Waals surface area contributed by atoms with Crippen LogP contribution in [0.25, 0.3) is 0 Å². The fourth-order valence-electron chi connectivity index (χ4n) is 1.68. The molecule has 1 heterocycles. The molecule has 0 fully saturated rings. The van der Waals surface area contributed by atoms with Gasteiger partial charge < -0.3 is 0 Å². The first-order chi connectivity index (χ1) is 7.97. The second kappa shape index (κ2) is 5.86. The van der Waals surface area contributed by atoms with Gasteiger partial charge >= 0.3 is 0 Å². The first-order valence-corrected chi connectivity index (χ1v) is 5.53. The van der Waals surface area contributed by atoms with Crippen molar-refractivity contribution in [2.24, 2.45) is 0 Å². The molecule has 1 aromatic heterocycles. The minimum atomic E-state index is 1.13. The largest absolute Gasteiger partial charge is 0.265 e. The third kappa shape index (κ3) is 3.06. The molecule has 80 valence electrons. The molecule has 0 saturated carbocycles. The summed E-state index contributed by atoms with van der Waals surface area (Å²) >= 11 is 0. The maximum atomic E-state index is 3.78. The SMILES string of the molecule is C1=CCC(C2=CC=CC2)=C1.c1ccncc1. The highest BCUT2D eigenvalue weighted by Gasteiger charge is 2.05. The predicted octanol–water partition coefficient (Wildman–Crippen LogP) is 3.84. The van der Waals surface area contributed by atoms with Crippen molar-refractivity contribution < 1.29 is 0 Å². The number of rotatable bonds is 1. The molecule has 0 radical (unpaired) electrons. The Morgan fingerprint density at radius 1 is 0.750 bits per heavy atom. The van der Waals surface area contributed by atoms with Crippen LogP contribution in [-0.2, 0) is 0 Å². The highest BCUT2D eigenvalue weighted by atomic mass is 14.6. The Morgan fingerprint density at radius 2 is 1.31 bits per heavy atom. The number of allylic oxidation sites excluding steroid dienone is 8. The number of pyridine rings is 1. The molecule has 0 unspecified atom stereocenters. The zero-order valence-corrected chi connectivity index (χ0v) is 9.21. The summed E-state index contributed by atoms with van der Waals surface area (Å²) in [5, 5.41) is 0. The Bertz CT molecular complexity index is 381. The van der Waals surface area contributed by atoms with Crippen LogP contribution in [0.3, 0.4) is 0 Å². The maximum absolute atomic E-state index is 3.78. The number of hydrogen-bond acceptors (Lipinski definition) is 1. The van der Waals surface area contributed by atoms with Crippen molar-refractivity contribution in [3.8, 4) is 0 Å². The van der Waals surface area contributed by atoms with Gasteiger partial charge in [-0.25, -0.2) is 0 Å². The van der Waals surface area contributed by atoms with Crippen LogP contribution in [0.15, 0.2) is 78.2 Å². The van der Waals surface area contributed by atoms with Gasteiger partial charge in [0, 0.05) is 12.4 Å². The van der Waals surface area contributed by atoms with Gasteiger partial charge in [0.15, 0.2) is 0 Å². The van der Waals surface area contributed by atoms with Crippen LogP contribution in [0.2, 0.25) is 0 Å². The van der Waals surface area contributed by atoms with E-state index in [2.05, 4.69) is 41.4 Å². The van der Waals surface area contributed by atoms with Gasteiger partial charge in [-0.05, 0) is 36.1 Å². The van der Waals surface area contributed by atoms with Gasteiger partial charge in [0.1, 0.15) is 0 Å². The zero-order valence-electron chi connectivity index (χ0n) is 9.21. The van der Waals surface area contributed by atoms with Gasteiger partial charge in [-0.3, -0.25) is 4.98 Å². The van der Waals surface area contributed by atoms with Crippen LogP contribution in [0.1, 0.15) is 12.8 Å². The molecular weight excluding hydrogens is 194 g/mol. The second-order valence-electron chi connectivity index (χ2n) is 3.67. The van der Waals surface area contributed by atoms with Crippen LogP contribution in [-0.4, -0.2) is 4.98 Å². The molecule has 3 rings (SSSR count). The van der Waals surface area contributed by atoms with Crippen LogP contribution < -0.4 is 0 Å². The first kappa shape index (κ1) is 10.6.